The summed E-state index contributed by atoms with van der Waals surface area (Å²) in [7, 11) is 0. The molecule has 0 unspecified atom stereocenters. The predicted octanol–water partition coefficient (Wildman–Crippen LogP) is 1.83. The average molecular weight is 381 g/mol. The summed E-state index contributed by atoms with van der Waals surface area (Å²) in [6.45, 7) is 5.50. The number of nitrogens with one attached hydrogen (secondary N) is 1. The number of piperazine rings is 1. The zero-order valence-corrected chi connectivity index (χ0v) is 16.3. The Hall–Kier alpha value is -2.86. The predicted molar refractivity (Wildman–Crippen MR) is 108 cm³/mol. The number of rotatable bonds is 7. The number of ether oxygens (including phenoxy) is 1. The van der Waals surface area contributed by atoms with E-state index in [1.165, 1.54) is 0 Å². The molecule has 0 aromatic heterocycles. The van der Waals surface area contributed by atoms with Crippen molar-refractivity contribution in [3.8, 4) is 5.75 Å². The Labute approximate surface area is 166 Å². The van der Waals surface area contributed by atoms with Crippen molar-refractivity contribution in [3.05, 3.63) is 65.7 Å². The Balaban J connectivity index is 1.36. The van der Waals surface area contributed by atoms with Gasteiger partial charge in [-0.2, -0.15) is 0 Å². The molecule has 2 amide bonds. The van der Waals surface area contributed by atoms with Crippen LogP contribution in [0.4, 0.5) is 0 Å². The molecule has 1 heterocycles. The molecule has 1 fully saturated rings. The topological polar surface area (TPSA) is 61.9 Å². The van der Waals surface area contributed by atoms with Gasteiger partial charge in [0.2, 0.25) is 5.91 Å². The van der Waals surface area contributed by atoms with E-state index in [-0.39, 0.29) is 18.4 Å². The van der Waals surface area contributed by atoms with Crippen LogP contribution in [-0.2, 0) is 16.1 Å². The van der Waals surface area contributed by atoms with Crippen LogP contribution >= 0.6 is 0 Å². The lowest BCUT2D eigenvalue weighted by molar-refractivity contribution is -0.135. The molecule has 2 aromatic carbocycles. The molecular weight excluding hydrogens is 354 g/mol. The molecule has 6 heteroatoms. The Bertz CT molecular complexity index is 787. The van der Waals surface area contributed by atoms with Crippen LogP contribution in [0.3, 0.4) is 0 Å². The SMILES string of the molecule is Cc1ccccc1OCC(=O)N1CCN(CC(=O)NCc2ccccc2)CC1. The van der Waals surface area contributed by atoms with E-state index in [9.17, 15) is 9.59 Å². The molecule has 1 N–H and O–H groups in total. The van der Waals surface area contributed by atoms with Crippen molar-refractivity contribution in [2.75, 3.05) is 39.3 Å². The number of carbonyl (C=O) groups excluding carboxylic acids is 2. The molecule has 1 aliphatic heterocycles. The summed E-state index contributed by atoms with van der Waals surface area (Å²) in [5.74, 6) is 0.729. The van der Waals surface area contributed by atoms with Crippen LogP contribution in [-0.4, -0.2) is 60.9 Å². The first kappa shape index (κ1) is 19.9. The maximum atomic E-state index is 12.4. The fourth-order valence-corrected chi connectivity index (χ4v) is 3.16. The van der Waals surface area contributed by atoms with Crippen molar-refractivity contribution in [1.82, 2.24) is 15.1 Å². The minimum Gasteiger partial charge on any atom is -0.484 e. The van der Waals surface area contributed by atoms with Crippen LogP contribution in [0.25, 0.3) is 0 Å². The number of benzene rings is 2. The van der Waals surface area contributed by atoms with Gasteiger partial charge >= 0.3 is 0 Å². The summed E-state index contributed by atoms with van der Waals surface area (Å²) in [4.78, 5) is 28.4. The van der Waals surface area contributed by atoms with Gasteiger partial charge in [0.25, 0.3) is 5.91 Å². The standard InChI is InChI=1S/C22H27N3O3/c1-18-7-5-6-10-20(18)28-17-22(27)25-13-11-24(12-14-25)16-21(26)23-15-19-8-3-2-4-9-19/h2-10H,11-17H2,1H3,(H,23,26). The Morgan fingerprint density at radius 2 is 1.64 bits per heavy atom. The van der Waals surface area contributed by atoms with E-state index < -0.39 is 0 Å². The summed E-state index contributed by atoms with van der Waals surface area (Å²) in [6, 6.07) is 17.5. The fourth-order valence-electron chi connectivity index (χ4n) is 3.16. The third-order valence-electron chi connectivity index (χ3n) is 4.87. The zero-order valence-electron chi connectivity index (χ0n) is 16.3. The minimum atomic E-state index is -0.0172. The van der Waals surface area contributed by atoms with Crippen molar-refractivity contribution in [1.29, 1.82) is 0 Å². The van der Waals surface area contributed by atoms with E-state index in [0.29, 0.717) is 39.3 Å². The van der Waals surface area contributed by atoms with Gasteiger partial charge in [-0.15, -0.1) is 0 Å². The Morgan fingerprint density at radius 1 is 0.964 bits per heavy atom. The van der Waals surface area contributed by atoms with Gasteiger partial charge in [0.05, 0.1) is 6.54 Å². The van der Waals surface area contributed by atoms with E-state index in [2.05, 4.69) is 10.2 Å². The molecule has 1 aliphatic rings. The molecule has 148 valence electrons. The van der Waals surface area contributed by atoms with Crippen LogP contribution < -0.4 is 10.1 Å². The van der Waals surface area contributed by atoms with Crippen molar-refractivity contribution in [2.24, 2.45) is 0 Å². The van der Waals surface area contributed by atoms with Gasteiger partial charge in [-0.05, 0) is 24.1 Å². The monoisotopic (exact) mass is 381 g/mol. The number of hydrogen-bond acceptors (Lipinski definition) is 4. The molecule has 0 aliphatic carbocycles. The molecule has 0 bridgehead atoms. The highest BCUT2D eigenvalue weighted by Gasteiger charge is 2.22. The Kier molecular flexibility index (Phi) is 7.03. The minimum absolute atomic E-state index is 0.00603. The van der Waals surface area contributed by atoms with Crippen LogP contribution in [0.5, 0.6) is 5.75 Å². The summed E-state index contributed by atoms with van der Waals surface area (Å²) in [5.41, 5.74) is 2.10. The van der Waals surface area contributed by atoms with E-state index in [1.54, 1.807) is 4.90 Å². The normalized spacial score (nSPS) is 14.5. The van der Waals surface area contributed by atoms with E-state index in [0.717, 1.165) is 16.9 Å². The number of carbonyl (C=O) groups is 2. The lowest BCUT2D eigenvalue weighted by Gasteiger charge is -2.34. The fraction of sp³-hybridized carbons (Fsp3) is 0.364. The van der Waals surface area contributed by atoms with Gasteiger partial charge in [-0.1, -0.05) is 48.5 Å². The molecule has 3 rings (SSSR count). The van der Waals surface area contributed by atoms with E-state index in [4.69, 9.17) is 4.74 Å². The third kappa shape index (κ3) is 5.82. The maximum Gasteiger partial charge on any atom is 0.260 e. The van der Waals surface area contributed by atoms with E-state index >= 15 is 0 Å². The largest absolute Gasteiger partial charge is 0.484 e. The second-order valence-electron chi connectivity index (χ2n) is 6.97. The summed E-state index contributed by atoms with van der Waals surface area (Å²) in [6.07, 6.45) is 0. The lowest BCUT2D eigenvalue weighted by Crippen LogP contribution is -2.52. The number of amides is 2. The van der Waals surface area contributed by atoms with Gasteiger partial charge in [0, 0.05) is 32.7 Å². The molecule has 1 saturated heterocycles. The molecule has 0 spiro atoms. The lowest BCUT2D eigenvalue weighted by atomic mass is 10.2. The first-order valence-corrected chi connectivity index (χ1v) is 9.61. The highest BCUT2D eigenvalue weighted by molar-refractivity contribution is 5.79. The molecule has 0 atom stereocenters. The molecule has 28 heavy (non-hydrogen) atoms. The van der Waals surface area contributed by atoms with Crippen LogP contribution in [0, 0.1) is 6.92 Å². The average Bonchev–Trinajstić information content (AvgIpc) is 2.73. The molecule has 2 aromatic rings. The van der Waals surface area contributed by atoms with Gasteiger partial charge in [0.15, 0.2) is 6.61 Å². The van der Waals surface area contributed by atoms with E-state index in [1.807, 2.05) is 61.5 Å². The second-order valence-corrected chi connectivity index (χ2v) is 6.97. The van der Waals surface area contributed by atoms with Gasteiger partial charge in [-0.25, -0.2) is 0 Å². The van der Waals surface area contributed by atoms with Gasteiger partial charge in [0.1, 0.15) is 5.75 Å². The van der Waals surface area contributed by atoms with Crippen molar-refractivity contribution in [3.63, 3.8) is 0 Å². The number of para-hydroxylation sites is 1. The zero-order chi connectivity index (χ0) is 19.8. The van der Waals surface area contributed by atoms with Gasteiger partial charge in [-0.3, -0.25) is 14.5 Å². The first-order valence-electron chi connectivity index (χ1n) is 9.61. The number of hydrogen-bond donors (Lipinski definition) is 1. The number of nitrogens with zero attached hydrogens (tertiary/aromatic N) is 2. The summed E-state index contributed by atoms with van der Waals surface area (Å²) in [5, 5.41) is 2.94. The smallest absolute Gasteiger partial charge is 0.260 e. The summed E-state index contributed by atoms with van der Waals surface area (Å²) >= 11 is 0. The van der Waals surface area contributed by atoms with Gasteiger partial charge < -0.3 is 15.0 Å². The molecule has 6 nitrogen and oxygen atoms in total. The highest BCUT2D eigenvalue weighted by atomic mass is 16.5. The molecule has 0 saturated carbocycles. The van der Waals surface area contributed by atoms with Crippen LogP contribution in [0.1, 0.15) is 11.1 Å². The van der Waals surface area contributed by atoms with Crippen LogP contribution in [0.2, 0.25) is 0 Å². The van der Waals surface area contributed by atoms with Crippen molar-refractivity contribution < 1.29 is 14.3 Å². The third-order valence-corrected chi connectivity index (χ3v) is 4.87. The van der Waals surface area contributed by atoms with Crippen molar-refractivity contribution in [2.45, 2.75) is 13.5 Å². The first-order chi connectivity index (χ1) is 13.6. The molecule has 0 radical (unpaired) electrons. The van der Waals surface area contributed by atoms with Crippen LogP contribution in [0.15, 0.2) is 54.6 Å². The number of aryl methyl sites for hydroxylation is 1. The van der Waals surface area contributed by atoms with Crippen molar-refractivity contribution >= 4 is 11.8 Å². The second kappa shape index (κ2) is 9.90. The molecular formula is C22H27N3O3. The maximum absolute atomic E-state index is 12.4. The Morgan fingerprint density at radius 3 is 2.36 bits per heavy atom. The summed E-state index contributed by atoms with van der Waals surface area (Å²) < 4.78 is 5.65. The quantitative estimate of drug-likeness (QED) is 0.795. The highest BCUT2D eigenvalue weighted by Crippen LogP contribution is 2.16.